The van der Waals surface area contributed by atoms with Gasteiger partial charge in [-0.1, -0.05) is 34.1 Å². The van der Waals surface area contributed by atoms with Crippen LogP contribution in [0.5, 0.6) is 0 Å². The molecule has 0 aliphatic carbocycles. The summed E-state index contributed by atoms with van der Waals surface area (Å²) in [6.07, 6.45) is 3.98. The first-order valence-electron chi connectivity index (χ1n) is 7.50. The van der Waals surface area contributed by atoms with E-state index in [-0.39, 0.29) is 0 Å². The second-order valence-electron chi connectivity index (χ2n) is 6.37. The molecule has 1 heterocycles. The third-order valence-corrected chi connectivity index (χ3v) is 4.11. The highest BCUT2D eigenvalue weighted by molar-refractivity contribution is 4.82. The van der Waals surface area contributed by atoms with Crippen molar-refractivity contribution in [3.63, 3.8) is 0 Å². The summed E-state index contributed by atoms with van der Waals surface area (Å²) in [5.74, 6) is 1.67. The van der Waals surface area contributed by atoms with Crippen molar-refractivity contribution in [2.45, 2.75) is 66.0 Å². The minimum absolute atomic E-state index is 0.711. The van der Waals surface area contributed by atoms with Gasteiger partial charge in [0.05, 0.1) is 0 Å². The van der Waals surface area contributed by atoms with E-state index in [1.54, 1.807) is 0 Å². The molecule has 17 heavy (non-hydrogen) atoms. The van der Waals surface area contributed by atoms with Crippen LogP contribution in [0.3, 0.4) is 0 Å². The summed E-state index contributed by atoms with van der Waals surface area (Å²) in [7, 11) is 0. The van der Waals surface area contributed by atoms with Gasteiger partial charge in [-0.25, -0.2) is 0 Å². The minimum Gasteiger partial charge on any atom is -0.311 e. The highest BCUT2D eigenvalue weighted by Crippen LogP contribution is 2.17. The Morgan fingerprint density at radius 2 is 1.94 bits per heavy atom. The van der Waals surface area contributed by atoms with Crippen LogP contribution in [0.2, 0.25) is 0 Å². The molecule has 1 fully saturated rings. The molecule has 0 spiro atoms. The average Bonchev–Trinajstić information content (AvgIpc) is 2.28. The van der Waals surface area contributed by atoms with Gasteiger partial charge in [0.1, 0.15) is 0 Å². The Morgan fingerprint density at radius 3 is 2.53 bits per heavy atom. The van der Waals surface area contributed by atoms with Gasteiger partial charge in [-0.2, -0.15) is 0 Å². The van der Waals surface area contributed by atoms with E-state index in [0.717, 1.165) is 17.9 Å². The molecule has 1 N–H and O–H groups in total. The number of rotatable bonds is 6. The third kappa shape index (κ3) is 5.39. The maximum Gasteiger partial charge on any atom is 0.0198 e. The van der Waals surface area contributed by atoms with E-state index < -0.39 is 0 Å². The summed E-state index contributed by atoms with van der Waals surface area (Å²) in [5.41, 5.74) is 0. The van der Waals surface area contributed by atoms with Crippen LogP contribution in [0, 0.1) is 11.8 Å². The Bertz CT molecular complexity index is 203. The number of nitrogens with zero attached hydrogens (tertiary/aromatic N) is 1. The predicted molar refractivity (Wildman–Crippen MR) is 76.4 cm³/mol. The molecule has 1 saturated heterocycles. The molecule has 102 valence electrons. The zero-order valence-corrected chi connectivity index (χ0v) is 12.5. The summed E-state index contributed by atoms with van der Waals surface area (Å²) in [6, 6.07) is 1.46. The smallest absolute Gasteiger partial charge is 0.0198 e. The lowest BCUT2D eigenvalue weighted by Gasteiger charge is -2.39. The molecule has 0 bridgehead atoms. The van der Waals surface area contributed by atoms with Crippen molar-refractivity contribution in [2.24, 2.45) is 11.8 Å². The van der Waals surface area contributed by atoms with E-state index in [4.69, 9.17) is 0 Å². The van der Waals surface area contributed by atoms with Gasteiger partial charge in [0.15, 0.2) is 0 Å². The summed E-state index contributed by atoms with van der Waals surface area (Å²) in [5, 5.41) is 3.66. The molecule has 2 nitrogen and oxygen atoms in total. The first-order chi connectivity index (χ1) is 8.02. The van der Waals surface area contributed by atoms with Gasteiger partial charge in [0.2, 0.25) is 0 Å². The molecule has 0 radical (unpaired) electrons. The van der Waals surface area contributed by atoms with Crippen molar-refractivity contribution in [2.75, 3.05) is 19.6 Å². The second-order valence-corrected chi connectivity index (χ2v) is 6.37. The highest BCUT2D eigenvalue weighted by Gasteiger charge is 2.24. The fourth-order valence-electron chi connectivity index (χ4n) is 2.88. The molecule has 1 aliphatic heterocycles. The first kappa shape index (κ1) is 15.0. The SMILES string of the molecule is CCC(C)CC(C)N1CCNC(CC(C)C)C1. The monoisotopic (exact) mass is 240 g/mol. The topological polar surface area (TPSA) is 15.3 Å². The van der Waals surface area contributed by atoms with Crippen LogP contribution in [0.25, 0.3) is 0 Å². The number of nitrogens with one attached hydrogen (secondary N) is 1. The van der Waals surface area contributed by atoms with Crippen LogP contribution >= 0.6 is 0 Å². The van der Waals surface area contributed by atoms with Crippen LogP contribution in [-0.2, 0) is 0 Å². The van der Waals surface area contributed by atoms with Gasteiger partial charge in [-0.15, -0.1) is 0 Å². The molecular weight excluding hydrogens is 208 g/mol. The van der Waals surface area contributed by atoms with Gasteiger partial charge in [-0.3, -0.25) is 4.90 Å². The Labute approximate surface area is 108 Å². The fourth-order valence-corrected chi connectivity index (χ4v) is 2.88. The quantitative estimate of drug-likeness (QED) is 0.767. The Hall–Kier alpha value is -0.0800. The van der Waals surface area contributed by atoms with Crippen molar-refractivity contribution in [1.82, 2.24) is 10.2 Å². The summed E-state index contributed by atoms with van der Waals surface area (Å²) in [4.78, 5) is 2.69. The van der Waals surface area contributed by atoms with Gasteiger partial charge in [-0.05, 0) is 31.6 Å². The lowest BCUT2D eigenvalue weighted by molar-refractivity contribution is 0.128. The first-order valence-corrected chi connectivity index (χ1v) is 7.50. The molecular formula is C15H32N2. The summed E-state index contributed by atoms with van der Waals surface area (Å²) in [6.45, 7) is 15.4. The zero-order chi connectivity index (χ0) is 12.8. The van der Waals surface area contributed by atoms with Crippen molar-refractivity contribution in [3.05, 3.63) is 0 Å². The van der Waals surface area contributed by atoms with Crippen molar-refractivity contribution >= 4 is 0 Å². The van der Waals surface area contributed by atoms with E-state index >= 15 is 0 Å². The molecule has 0 saturated carbocycles. The largest absolute Gasteiger partial charge is 0.311 e. The normalized spacial score (nSPS) is 26.1. The molecule has 0 amide bonds. The molecule has 0 aromatic heterocycles. The van der Waals surface area contributed by atoms with Crippen molar-refractivity contribution in [1.29, 1.82) is 0 Å². The van der Waals surface area contributed by atoms with Crippen molar-refractivity contribution in [3.8, 4) is 0 Å². The second kappa shape index (κ2) is 7.38. The summed E-state index contributed by atoms with van der Waals surface area (Å²) >= 11 is 0. The van der Waals surface area contributed by atoms with Crippen LogP contribution in [0.4, 0.5) is 0 Å². The summed E-state index contributed by atoms with van der Waals surface area (Å²) < 4.78 is 0. The minimum atomic E-state index is 0.711. The Balaban J connectivity index is 2.37. The van der Waals surface area contributed by atoms with Crippen molar-refractivity contribution < 1.29 is 0 Å². The van der Waals surface area contributed by atoms with E-state index in [9.17, 15) is 0 Å². The maximum atomic E-state index is 3.66. The van der Waals surface area contributed by atoms with Gasteiger partial charge in [0, 0.05) is 31.7 Å². The maximum absolute atomic E-state index is 3.66. The van der Waals surface area contributed by atoms with Crippen LogP contribution in [-0.4, -0.2) is 36.6 Å². The van der Waals surface area contributed by atoms with E-state index in [1.807, 2.05) is 0 Å². The van der Waals surface area contributed by atoms with Crippen LogP contribution in [0.1, 0.15) is 53.9 Å². The lowest BCUT2D eigenvalue weighted by Crippen LogP contribution is -2.53. The standard InChI is InChI=1S/C15H32N2/c1-6-13(4)10-14(5)17-8-7-16-15(11-17)9-12(2)3/h12-16H,6-11H2,1-5H3. The molecule has 1 rings (SSSR count). The lowest BCUT2D eigenvalue weighted by atomic mass is 9.97. The number of piperazine rings is 1. The number of hydrogen-bond donors (Lipinski definition) is 1. The fraction of sp³-hybridized carbons (Fsp3) is 1.00. The zero-order valence-electron chi connectivity index (χ0n) is 12.5. The van der Waals surface area contributed by atoms with E-state index in [2.05, 4.69) is 44.8 Å². The molecule has 3 unspecified atom stereocenters. The molecule has 0 aromatic carbocycles. The Morgan fingerprint density at radius 1 is 1.24 bits per heavy atom. The average molecular weight is 240 g/mol. The predicted octanol–water partition coefficient (Wildman–Crippen LogP) is 3.13. The van der Waals surface area contributed by atoms with Crippen LogP contribution < -0.4 is 5.32 Å². The van der Waals surface area contributed by atoms with Crippen LogP contribution in [0.15, 0.2) is 0 Å². The van der Waals surface area contributed by atoms with Gasteiger partial charge >= 0.3 is 0 Å². The number of hydrogen-bond acceptors (Lipinski definition) is 2. The highest BCUT2D eigenvalue weighted by atomic mass is 15.2. The molecule has 0 aromatic rings. The van der Waals surface area contributed by atoms with Gasteiger partial charge < -0.3 is 5.32 Å². The molecule has 1 aliphatic rings. The third-order valence-electron chi connectivity index (χ3n) is 4.11. The van der Waals surface area contributed by atoms with E-state index in [0.29, 0.717) is 6.04 Å². The Kier molecular flexibility index (Phi) is 6.50. The molecule has 3 atom stereocenters. The van der Waals surface area contributed by atoms with E-state index in [1.165, 1.54) is 38.9 Å². The molecule has 2 heteroatoms. The van der Waals surface area contributed by atoms with Gasteiger partial charge in [0.25, 0.3) is 0 Å².